The van der Waals surface area contributed by atoms with Crippen LogP contribution in [0, 0.1) is 11.8 Å². The SMILES string of the molecule is COc1cc([C@@H]2c3cc4c(cc3[C@H](O[C@@H]3O[C@@H]5CO[C@H](C)O[C@H]5[C@@H](O)[C@H]3O)[C@@H]3COC(=O)[C@@H]23)OCO4)cc(OC)c1O. The average molecular weight is 589 g/mol. The number of carbonyl (C=O) groups excluding carboxylic acids is 1. The average Bonchev–Trinajstić information content (AvgIpc) is 3.61. The number of hydrogen-bond donors (Lipinski definition) is 3. The summed E-state index contributed by atoms with van der Waals surface area (Å²) in [6.45, 7) is 1.93. The van der Waals surface area contributed by atoms with Gasteiger partial charge in [0.2, 0.25) is 12.5 Å². The molecule has 7 rings (SSSR count). The molecule has 0 bridgehead atoms. The monoisotopic (exact) mass is 588 g/mol. The summed E-state index contributed by atoms with van der Waals surface area (Å²) < 4.78 is 51.5. The molecule has 5 aliphatic rings. The second-order valence-electron chi connectivity index (χ2n) is 11.0. The fourth-order valence-corrected chi connectivity index (χ4v) is 6.74. The van der Waals surface area contributed by atoms with Crippen LogP contribution in [-0.4, -0.2) is 92.5 Å². The minimum atomic E-state index is -1.44. The van der Waals surface area contributed by atoms with Gasteiger partial charge in [0, 0.05) is 11.8 Å². The highest BCUT2D eigenvalue weighted by molar-refractivity contribution is 5.79. The molecule has 2 aromatic rings. The van der Waals surface area contributed by atoms with Crippen molar-refractivity contribution in [3.8, 4) is 28.7 Å². The Morgan fingerprint density at radius 1 is 0.881 bits per heavy atom. The summed E-state index contributed by atoms with van der Waals surface area (Å²) in [6, 6.07) is 6.93. The molecule has 0 radical (unpaired) electrons. The number of rotatable bonds is 5. The Kier molecular flexibility index (Phi) is 6.83. The van der Waals surface area contributed by atoms with E-state index < -0.39 is 66.8 Å². The van der Waals surface area contributed by atoms with E-state index in [-0.39, 0.29) is 37.3 Å². The molecule has 0 spiro atoms. The van der Waals surface area contributed by atoms with Gasteiger partial charge in [-0.15, -0.1) is 0 Å². The molecule has 2 aromatic carbocycles. The van der Waals surface area contributed by atoms with Crippen LogP contribution in [0.3, 0.4) is 0 Å². The minimum absolute atomic E-state index is 0.0301. The number of benzene rings is 2. The number of phenols is 1. The number of carbonyl (C=O) groups is 1. The van der Waals surface area contributed by atoms with Gasteiger partial charge in [-0.1, -0.05) is 0 Å². The molecule has 4 heterocycles. The zero-order chi connectivity index (χ0) is 29.3. The Hall–Kier alpha value is -3.33. The smallest absolute Gasteiger partial charge is 0.310 e. The normalized spacial score (nSPS) is 36.5. The molecule has 3 N–H and O–H groups in total. The zero-order valence-corrected chi connectivity index (χ0v) is 23.1. The van der Waals surface area contributed by atoms with Crippen molar-refractivity contribution in [3.63, 3.8) is 0 Å². The predicted octanol–water partition coefficient (Wildman–Crippen LogP) is 1.34. The van der Waals surface area contributed by atoms with E-state index in [0.717, 1.165) is 0 Å². The predicted molar refractivity (Wildman–Crippen MR) is 138 cm³/mol. The van der Waals surface area contributed by atoms with Crippen LogP contribution >= 0.6 is 0 Å². The molecule has 3 saturated heterocycles. The van der Waals surface area contributed by atoms with Crippen molar-refractivity contribution in [2.45, 2.75) is 55.9 Å². The van der Waals surface area contributed by atoms with Crippen LogP contribution in [0.2, 0.25) is 0 Å². The number of cyclic esters (lactones) is 1. The van der Waals surface area contributed by atoms with Crippen molar-refractivity contribution < 1.29 is 62.7 Å². The summed E-state index contributed by atoms with van der Waals surface area (Å²) >= 11 is 0. The lowest BCUT2D eigenvalue weighted by atomic mass is 9.66. The number of phenolic OH excluding ortho intramolecular Hbond substituents is 1. The van der Waals surface area contributed by atoms with Gasteiger partial charge in [0.25, 0.3) is 0 Å². The Balaban J connectivity index is 1.32. The van der Waals surface area contributed by atoms with Gasteiger partial charge in [-0.25, -0.2) is 0 Å². The molecular weight excluding hydrogens is 556 g/mol. The molecule has 1 aliphatic carbocycles. The standard InChI is InChI=1S/C29H32O13/c1-11-36-9-20-27(40-11)24(31)25(32)29(41-20)42-26-14-7-17-16(38-10-39-17)6-13(14)21(22-15(26)8-37-28(22)33)12-4-18(34-2)23(30)19(5-12)35-3/h4-7,11,15,20-22,24-27,29-32H,8-10H2,1-3H3/t11-,15+,20+,21+,22+,24-,25+,26-,27+,29-/m0/s1. The van der Waals surface area contributed by atoms with E-state index in [1.807, 2.05) is 0 Å². The summed E-state index contributed by atoms with van der Waals surface area (Å²) in [4.78, 5) is 13.4. The van der Waals surface area contributed by atoms with Crippen LogP contribution in [0.5, 0.6) is 28.7 Å². The number of hydrogen-bond acceptors (Lipinski definition) is 13. The van der Waals surface area contributed by atoms with Gasteiger partial charge in [0.15, 0.2) is 35.6 Å². The Labute approximate surface area is 240 Å². The summed E-state index contributed by atoms with van der Waals surface area (Å²) in [6.07, 6.45) is -6.80. The van der Waals surface area contributed by atoms with Crippen molar-refractivity contribution in [1.82, 2.24) is 0 Å². The quantitative estimate of drug-likeness (QED) is 0.430. The van der Waals surface area contributed by atoms with Crippen molar-refractivity contribution in [2.24, 2.45) is 11.8 Å². The molecule has 4 aliphatic heterocycles. The number of aromatic hydroxyl groups is 1. The second kappa shape index (κ2) is 10.4. The first-order valence-electron chi connectivity index (χ1n) is 13.8. The third-order valence-corrected chi connectivity index (χ3v) is 8.75. The molecule has 0 aromatic heterocycles. The van der Waals surface area contributed by atoms with Crippen LogP contribution < -0.4 is 18.9 Å². The fraction of sp³-hybridized carbons (Fsp3) is 0.552. The number of esters is 1. The molecule has 0 amide bonds. The minimum Gasteiger partial charge on any atom is -0.502 e. The van der Waals surface area contributed by atoms with E-state index in [4.69, 9.17) is 42.6 Å². The van der Waals surface area contributed by atoms with E-state index in [1.54, 1.807) is 31.2 Å². The largest absolute Gasteiger partial charge is 0.502 e. The third-order valence-electron chi connectivity index (χ3n) is 8.75. The van der Waals surface area contributed by atoms with Crippen LogP contribution in [0.4, 0.5) is 0 Å². The van der Waals surface area contributed by atoms with Gasteiger partial charge in [-0.05, 0) is 47.9 Å². The molecular formula is C29H32O13. The highest BCUT2D eigenvalue weighted by Crippen LogP contribution is 2.57. The second-order valence-corrected chi connectivity index (χ2v) is 11.0. The number of aliphatic hydroxyl groups is 2. The number of methoxy groups -OCH3 is 2. The van der Waals surface area contributed by atoms with Gasteiger partial charge in [0.05, 0.1) is 39.5 Å². The van der Waals surface area contributed by atoms with Gasteiger partial charge < -0.3 is 58.0 Å². The molecule has 0 unspecified atom stereocenters. The van der Waals surface area contributed by atoms with Gasteiger partial charge in [0.1, 0.15) is 24.4 Å². The van der Waals surface area contributed by atoms with Crippen LogP contribution in [0.25, 0.3) is 0 Å². The van der Waals surface area contributed by atoms with Crippen molar-refractivity contribution >= 4 is 5.97 Å². The first-order valence-corrected chi connectivity index (χ1v) is 13.8. The van der Waals surface area contributed by atoms with Crippen LogP contribution in [0.1, 0.15) is 35.6 Å². The van der Waals surface area contributed by atoms with E-state index in [1.165, 1.54) is 14.2 Å². The maximum Gasteiger partial charge on any atom is 0.310 e. The maximum atomic E-state index is 13.4. The Morgan fingerprint density at radius 3 is 2.26 bits per heavy atom. The number of fused-ring (bicyclic) bond motifs is 4. The molecule has 13 heteroatoms. The summed E-state index contributed by atoms with van der Waals surface area (Å²) in [5, 5.41) is 32.5. The number of ether oxygens (including phenoxy) is 9. The van der Waals surface area contributed by atoms with Gasteiger partial charge in [-0.3, -0.25) is 4.79 Å². The van der Waals surface area contributed by atoms with Crippen molar-refractivity contribution in [3.05, 3.63) is 41.0 Å². The molecule has 226 valence electrons. The molecule has 42 heavy (non-hydrogen) atoms. The van der Waals surface area contributed by atoms with Gasteiger partial charge in [-0.2, -0.15) is 0 Å². The first kappa shape index (κ1) is 27.5. The number of aliphatic hydroxyl groups excluding tert-OH is 2. The molecule has 10 atom stereocenters. The lowest BCUT2D eigenvalue weighted by molar-refractivity contribution is -0.364. The summed E-state index contributed by atoms with van der Waals surface area (Å²) in [7, 11) is 2.86. The van der Waals surface area contributed by atoms with Crippen molar-refractivity contribution in [1.29, 1.82) is 0 Å². The molecule has 0 saturated carbocycles. The van der Waals surface area contributed by atoms with Gasteiger partial charge >= 0.3 is 5.97 Å². The van der Waals surface area contributed by atoms with Crippen molar-refractivity contribution in [2.75, 3.05) is 34.2 Å². The third kappa shape index (κ3) is 4.26. The Bertz CT molecular complexity index is 1350. The lowest BCUT2D eigenvalue weighted by Gasteiger charge is -2.47. The summed E-state index contributed by atoms with van der Waals surface area (Å²) in [5.41, 5.74) is 2.01. The van der Waals surface area contributed by atoms with E-state index in [0.29, 0.717) is 28.2 Å². The highest BCUT2D eigenvalue weighted by Gasteiger charge is 2.56. The maximum absolute atomic E-state index is 13.4. The van der Waals surface area contributed by atoms with Crippen LogP contribution in [0.15, 0.2) is 24.3 Å². The van der Waals surface area contributed by atoms with Crippen LogP contribution in [-0.2, 0) is 28.5 Å². The summed E-state index contributed by atoms with van der Waals surface area (Å²) in [5.74, 6) is -1.02. The highest BCUT2D eigenvalue weighted by atomic mass is 16.8. The Morgan fingerprint density at radius 2 is 1.57 bits per heavy atom. The topological polar surface area (TPSA) is 161 Å². The molecule has 3 fully saturated rings. The zero-order valence-electron chi connectivity index (χ0n) is 23.1. The van der Waals surface area contributed by atoms with E-state index in [9.17, 15) is 20.1 Å². The van der Waals surface area contributed by atoms with E-state index >= 15 is 0 Å². The molecule has 13 nitrogen and oxygen atoms in total. The first-order chi connectivity index (χ1) is 20.3. The lowest BCUT2D eigenvalue weighted by Crippen LogP contribution is -2.63. The van der Waals surface area contributed by atoms with E-state index in [2.05, 4.69) is 0 Å². The fourth-order valence-electron chi connectivity index (χ4n) is 6.74.